The van der Waals surface area contributed by atoms with Crippen LogP contribution >= 0.6 is 19.4 Å². The van der Waals surface area contributed by atoms with Crippen LogP contribution in [0.25, 0.3) is 0 Å². The van der Waals surface area contributed by atoms with Gasteiger partial charge in [-0.3, -0.25) is 0 Å². The second-order valence-corrected chi connectivity index (χ2v) is 3.45. The zero-order valence-corrected chi connectivity index (χ0v) is 9.17. The monoisotopic (exact) mass is 218 g/mol. The molecule has 72 valence electrons. The minimum Gasteiger partial charge on any atom is -0.491 e. The molecule has 1 unspecified atom stereocenters. The average molecular weight is 219 g/mol. The van der Waals surface area contributed by atoms with E-state index in [2.05, 4.69) is 0 Å². The fourth-order valence-corrected chi connectivity index (χ4v) is 1.34. The summed E-state index contributed by atoms with van der Waals surface area (Å²) < 4.78 is 10.4. The van der Waals surface area contributed by atoms with Gasteiger partial charge in [-0.05, 0) is 18.6 Å². The van der Waals surface area contributed by atoms with Gasteiger partial charge in [0, 0.05) is 0 Å². The first kappa shape index (κ1) is 10.8. The first-order chi connectivity index (χ1) is 6.34. The predicted octanol–water partition coefficient (Wildman–Crippen LogP) is 3.14. The lowest BCUT2D eigenvalue weighted by Crippen LogP contribution is -2.03. The molecule has 0 radical (unpaired) electrons. The van der Waals surface area contributed by atoms with Crippen LogP contribution in [-0.4, -0.2) is 13.2 Å². The van der Waals surface area contributed by atoms with Crippen molar-refractivity contribution in [2.24, 2.45) is 0 Å². The molecule has 1 aromatic rings. The van der Waals surface area contributed by atoms with Gasteiger partial charge in [0.15, 0.2) is 0 Å². The van der Waals surface area contributed by atoms with E-state index in [1.165, 1.54) is 0 Å². The molecule has 0 saturated carbocycles. The molecule has 0 fully saturated rings. The van der Waals surface area contributed by atoms with Crippen LogP contribution in [0.3, 0.4) is 0 Å². The Kier molecular flexibility index (Phi) is 5.14. The topological polar surface area (TPSA) is 18.5 Å². The number of halogens is 1. The Hall–Kier alpha value is -0.300. The van der Waals surface area contributed by atoms with Crippen molar-refractivity contribution in [3.05, 3.63) is 29.8 Å². The molecule has 0 amide bonds. The summed E-state index contributed by atoms with van der Waals surface area (Å²) in [6.07, 6.45) is 0. The summed E-state index contributed by atoms with van der Waals surface area (Å²) in [5, 5.41) is 0. The maximum Gasteiger partial charge on any atom is 0.122 e. The standard InChI is InChI=1S/C9H12ClO2P/c1-8-4-2-3-5-9(8)11-6-7-12-13-10/h2-5,13H,6-7H2,1H3. The third kappa shape index (κ3) is 3.95. The smallest absolute Gasteiger partial charge is 0.122 e. The highest BCUT2D eigenvalue weighted by Crippen LogP contribution is 2.18. The van der Waals surface area contributed by atoms with Gasteiger partial charge in [-0.25, -0.2) is 0 Å². The molecule has 0 heterocycles. The molecule has 0 N–H and O–H groups in total. The van der Waals surface area contributed by atoms with Gasteiger partial charge in [0.1, 0.15) is 20.5 Å². The molecule has 2 nitrogen and oxygen atoms in total. The van der Waals surface area contributed by atoms with Crippen LogP contribution in [0.1, 0.15) is 5.56 Å². The van der Waals surface area contributed by atoms with Crippen LogP contribution in [0.5, 0.6) is 5.75 Å². The van der Waals surface area contributed by atoms with Crippen molar-refractivity contribution in [1.29, 1.82) is 0 Å². The Morgan fingerprint density at radius 2 is 2.08 bits per heavy atom. The largest absolute Gasteiger partial charge is 0.491 e. The summed E-state index contributed by atoms with van der Waals surface area (Å²) >= 11 is 5.36. The zero-order valence-electron chi connectivity index (χ0n) is 7.42. The van der Waals surface area contributed by atoms with E-state index < -0.39 is 0 Å². The third-order valence-corrected chi connectivity index (χ3v) is 2.23. The van der Waals surface area contributed by atoms with Crippen LogP contribution in [-0.2, 0) is 4.52 Å². The first-order valence-corrected chi connectivity index (χ1v) is 5.92. The van der Waals surface area contributed by atoms with Crippen LogP contribution in [0.4, 0.5) is 0 Å². The fourth-order valence-electron chi connectivity index (χ4n) is 0.950. The number of benzene rings is 1. The molecule has 0 aliphatic rings. The highest BCUT2D eigenvalue weighted by Gasteiger charge is 1.96. The minimum absolute atomic E-state index is 0.0148. The lowest BCUT2D eigenvalue weighted by Gasteiger charge is -2.07. The Bertz CT molecular complexity index is 255. The van der Waals surface area contributed by atoms with Gasteiger partial charge in [-0.2, -0.15) is 0 Å². The average Bonchev–Trinajstić information content (AvgIpc) is 2.15. The van der Waals surface area contributed by atoms with Crippen molar-refractivity contribution < 1.29 is 9.26 Å². The quantitative estimate of drug-likeness (QED) is 0.558. The van der Waals surface area contributed by atoms with E-state index in [-0.39, 0.29) is 8.16 Å². The van der Waals surface area contributed by atoms with Gasteiger partial charge < -0.3 is 9.26 Å². The minimum atomic E-state index is 0.0148. The van der Waals surface area contributed by atoms with Crippen LogP contribution in [0, 0.1) is 6.92 Å². The molecule has 1 atom stereocenters. The van der Waals surface area contributed by atoms with Crippen LogP contribution in [0.2, 0.25) is 0 Å². The van der Waals surface area contributed by atoms with E-state index in [0.29, 0.717) is 13.2 Å². The molecule has 0 saturated heterocycles. The summed E-state index contributed by atoms with van der Waals surface area (Å²) in [6, 6.07) is 7.89. The van der Waals surface area contributed by atoms with Crippen LogP contribution in [0.15, 0.2) is 24.3 Å². The van der Waals surface area contributed by atoms with Crippen molar-refractivity contribution >= 4 is 19.4 Å². The number of ether oxygens (including phenoxy) is 1. The Morgan fingerprint density at radius 3 is 2.77 bits per heavy atom. The number of rotatable bonds is 5. The second-order valence-electron chi connectivity index (χ2n) is 2.54. The molecule has 13 heavy (non-hydrogen) atoms. The number of para-hydroxylation sites is 1. The maximum atomic E-state index is 5.46. The van der Waals surface area contributed by atoms with Gasteiger partial charge in [0.25, 0.3) is 0 Å². The number of aryl methyl sites for hydroxylation is 1. The molecule has 0 aromatic heterocycles. The van der Waals surface area contributed by atoms with E-state index in [1.807, 2.05) is 31.2 Å². The molecular formula is C9H12ClO2P. The Labute approximate surface area is 84.9 Å². The van der Waals surface area contributed by atoms with Gasteiger partial charge in [0.05, 0.1) is 6.61 Å². The van der Waals surface area contributed by atoms with Gasteiger partial charge >= 0.3 is 0 Å². The van der Waals surface area contributed by atoms with Gasteiger partial charge in [-0.1, -0.05) is 29.4 Å². The van der Waals surface area contributed by atoms with E-state index >= 15 is 0 Å². The Balaban J connectivity index is 2.32. The molecule has 1 aromatic carbocycles. The SMILES string of the molecule is Cc1ccccc1OCCOPCl. The summed E-state index contributed by atoms with van der Waals surface area (Å²) in [7, 11) is 0.0148. The fraction of sp³-hybridized carbons (Fsp3) is 0.333. The van der Waals surface area contributed by atoms with E-state index in [1.54, 1.807) is 0 Å². The lowest BCUT2D eigenvalue weighted by atomic mass is 10.2. The first-order valence-electron chi connectivity index (χ1n) is 4.00. The van der Waals surface area contributed by atoms with Crippen molar-refractivity contribution in [3.8, 4) is 5.75 Å². The summed E-state index contributed by atoms with van der Waals surface area (Å²) in [6.45, 7) is 3.10. The molecular weight excluding hydrogens is 207 g/mol. The molecule has 1 rings (SSSR count). The van der Waals surface area contributed by atoms with Crippen molar-refractivity contribution in [2.45, 2.75) is 6.92 Å². The van der Waals surface area contributed by atoms with Crippen molar-refractivity contribution in [2.75, 3.05) is 13.2 Å². The summed E-state index contributed by atoms with van der Waals surface area (Å²) in [5.41, 5.74) is 1.14. The highest BCUT2D eigenvalue weighted by molar-refractivity contribution is 7.64. The molecule has 0 aliphatic carbocycles. The Morgan fingerprint density at radius 1 is 1.31 bits per heavy atom. The van der Waals surface area contributed by atoms with Crippen molar-refractivity contribution in [3.63, 3.8) is 0 Å². The second kappa shape index (κ2) is 6.20. The normalized spacial score (nSPS) is 10.9. The highest BCUT2D eigenvalue weighted by atomic mass is 35.7. The molecule has 0 spiro atoms. The molecule has 0 bridgehead atoms. The molecule has 0 aliphatic heterocycles. The summed E-state index contributed by atoms with van der Waals surface area (Å²) in [4.78, 5) is 0. The molecule has 4 heteroatoms. The van der Waals surface area contributed by atoms with Gasteiger partial charge in [-0.15, -0.1) is 0 Å². The third-order valence-electron chi connectivity index (χ3n) is 1.59. The van der Waals surface area contributed by atoms with Crippen LogP contribution < -0.4 is 4.74 Å². The van der Waals surface area contributed by atoms with E-state index in [9.17, 15) is 0 Å². The maximum absolute atomic E-state index is 5.46. The van der Waals surface area contributed by atoms with E-state index in [4.69, 9.17) is 20.5 Å². The van der Waals surface area contributed by atoms with Crippen molar-refractivity contribution in [1.82, 2.24) is 0 Å². The summed E-state index contributed by atoms with van der Waals surface area (Å²) in [5.74, 6) is 0.906. The predicted molar refractivity (Wildman–Crippen MR) is 56.8 cm³/mol. The lowest BCUT2D eigenvalue weighted by molar-refractivity contribution is 0.235. The number of hydrogen-bond acceptors (Lipinski definition) is 2. The van der Waals surface area contributed by atoms with E-state index in [0.717, 1.165) is 11.3 Å². The van der Waals surface area contributed by atoms with Gasteiger partial charge in [0.2, 0.25) is 0 Å². The number of hydrogen-bond donors (Lipinski definition) is 0. The zero-order chi connectivity index (χ0) is 9.52.